The van der Waals surface area contributed by atoms with E-state index in [-0.39, 0.29) is 11.7 Å². The van der Waals surface area contributed by atoms with E-state index < -0.39 is 5.92 Å². The number of aromatic nitrogens is 1. The number of carbonyl (C=O) groups excluding carboxylic acids is 2. The van der Waals surface area contributed by atoms with Gasteiger partial charge in [0.25, 0.3) is 5.91 Å². The van der Waals surface area contributed by atoms with Gasteiger partial charge in [-0.1, -0.05) is 51.0 Å². The summed E-state index contributed by atoms with van der Waals surface area (Å²) < 4.78 is 1.93. The molecule has 1 aliphatic heterocycles. The van der Waals surface area contributed by atoms with E-state index in [1.165, 1.54) is 11.3 Å². The Bertz CT molecular complexity index is 1330. The molecule has 162 valence electrons. The second kappa shape index (κ2) is 8.46. The molecule has 5 rings (SSSR count). The second-order valence-electron chi connectivity index (χ2n) is 7.90. The fraction of sp³-hybridized carbons (Fsp3) is 0.208. The zero-order valence-corrected chi connectivity index (χ0v) is 20.3. The molecule has 5 nitrogen and oxygen atoms in total. The van der Waals surface area contributed by atoms with E-state index in [1.54, 1.807) is 12.1 Å². The molecule has 8 heteroatoms. The smallest absolute Gasteiger partial charge is 0.256 e. The molecule has 2 aromatic carbocycles. The maximum Gasteiger partial charge on any atom is 0.256 e. The molecule has 1 aliphatic carbocycles. The summed E-state index contributed by atoms with van der Waals surface area (Å²) in [7, 11) is 0. The van der Waals surface area contributed by atoms with Crippen molar-refractivity contribution in [2.75, 3.05) is 5.32 Å². The Balaban J connectivity index is 1.55. The molecule has 1 atom stereocenters. The zero-order valence-electron chi connectivity index (χ0n) is 17.2. The van der Waals surface area contributed by atoms with Gasteiger partial charge in [0, 0.05) is 44.4 Å². The van der Waals surface area contributed by atoms with Crippen LogP contribution in [0.3, 0.4) is 0 Å². The van der Waals surface area contributed by atoms with Crippen LogP contribution in [-0.4, -0.2) is 16.7 Å². The first-order chi connectivity index (χ1) is 15.4. The van der Waals surface area contributed by atoms with E-state index in [1.807, 2.05) is 37.3 Å². The minimum Gasteiger partial charge on any atom is -0.362 e. The molecule has 2 heterocycles. The van der Waals surface area contributed by atoms with Crippen molar-refractivity contribution in [2.45, 2.75) is 32.1 Å². The highest BCUT2D eigenvalue weighted by atomic mass is 79.9. The Morgan fingerprint density at radius 1 is 1.22 bits per heavy atom. The standard InChI is InChI=1S/C24H19BrClN3O2S/c1-12-20(23(31)29-24-28-16-10-7-14(25)11-19(16)32-24)21(13-5-8-15(26)9-6-13)22-17(27-12)3-2-4-18(22)30/h5-11,21,27H,2-4H2,1H3,(H,28,29,31). The molecule has 2 N–H and O–H groups in total. The van der Waals surface area contributed by atoms with Crippen LogP contribution in [0.25, 0.3) is 10.2 Å². The van der Waals surface area contributed by atoms with Gasteiger partial charge in [0.2, 0.25) is 0 Å². The Morgan fingerprint density at radius 2 is 2.00 bits per heavy atom. The van der Waals surface area contributed by atoms with Crippen LogP contribution >= 0.6 is 38.9 Å². The first-order valence-electron chi connectivity index (χ1n) is 10.3. The summed E-state index contributed by atoms with van der Waals surface area (Å²) in [6.07, 6.45) is 2.10. The summed E-state index contributed by atoms with van der Waals surface area (Å²) >= 11 is 11.0. The second-order valence-corrected chi connectivity index (χ2v) is 10.3. The van der Waals surface area contributed by atoms with E-state index >= 15 is 0 Å². The van der Waals surface area contributed by atoms with Gasteiger partial charge in [-0.3, -0.25) is 14.9 Å². The van der Waals surface area contributed by atoms with E-state index in [4.69, 9.17) is 11.6 Å². The molecule has 1 amide bonds. The zero-order chi connectivity index (χ0) is 22.4. The van der Waals surface area contributed by atoms with Crippen molar-refractivity contribution >= 4 is 65.9 Å². The number of dihydropyridines is 1. The predicted octanol–water partition coefficient (Wildman–Crippen LogP) is 6.32. The minimum absolute atomic E-state index is 0.0846. The number of rotatable bonds is 3. The third-order valence-corrected chi connectivity index (χ3v) is 7.47. The lowest BCUT2D eigenvalue weighted by molar-refractivity contribution is -0.116. The number of thiazole rings is 1. The van der Waals surface area contributed by atoms with Gasteiger partial charge >= 0.3 is 0 Å². The quantitative estimate of drug-likeness (QED) is 0.417. The van der Waals surface area contributed by atoms with Gasteiger partial charge in [-0.2, -0.15) is 0 Å². The van der Waals surface area contributed by atoms with Gasteiger partial charge in [0.1, 0.15) is 0 Å². The molecular formula is C24H19BrClN3O2S. The van der Waals surface area contributed by atoms with Crippen molar-refractivity contribution in [3.8, 4) is 0 Å². The van der Waals surface area contributed by atoms with Gasteiger partial charge < -0.3 is 5.32 Å². The van der Waals surface area contributed by atoms with Crippen molar-refractivity contribution in [3.63, 3.8) is 0 Å². The molecule has 0 saturated carbocycles. The minimum atomic E-state index is -0.445. The third-order valence-electron chi connectivity index (χ3n) is 5.79. The first kappa shape index (κ1) is 21.4. The van der Waals surface area contributed by atoms with E-state index in [2.05, 4.69) is 31.5 Å². The molecule has 1 unspecified atom stereocenters. The topological polar surface area (TPSA) is 71.1 Å². The molecule has 1 aromatic heterocycles. The first-order valence-corrected chi connectivity index (χ1v) is 12.3. The summed E-state index contributed by atoms with van der Waals surface area (Å²) in [5, 5.41) is 7.44. The van der Waals surface area contributed by atoms with Gasteiger partial charge in [-0.25, -0.2) is 4.98 Å². The number of hydrogen-bond acceptors (Lipinski definition) is 5. The Morgan fingerprint density at radius 3 is 2.78 bits per heavy atom. The number of carbonyl (C=O) groups is 2. The fourth-order valence-corrected chi connectivity index (χ4v) is 5.93. The van der Waals surface area contributed by atoms with Crippen LogP contribution in [0.2, 0.25) is 5.02 Å². The van der Waals surface area contributed by atoms with Gasteiger partial charge in [-0.05, 0) is 55.7 Å². The maximum absolute atomic E-state index is 13.5. The van der Waals surface area contributed by atoms with Crippen LogP contribution < -0.4 is 10.6 Å². The number of anilines is 1. The third kappa shape index (κ3) is 3.89. The highest BCUT2D eigenvalue weighted by molar-refractivity contribution is 9.10. The van der Waals surface area contributed by atoms with Crippen LogP contribution in [0.15, 0.2) is 69.5 Å². The number of benzene rings is 2. The van der Waals surface area contributed by atoms with Crippen LogP contribution in [0, 0.1) is 0 Å². The molecule has 3 aromatic rings. The van der Waals surface area contributed by atoms with Crippen LogP contribution in [-0.2, 0) is 9.59 Å². The van der Waals surface area contributed by atoms with Crippen LogP contribution in [0.1, 0.15) is 37.7 Å². The van der Waals surface area contributed by atoms with Crippen LogP contribution in [0.5, 0.6) is 0 Å². The summed E-state index contributed by atoms with van der Waals surface area (Å²) in [5.41, 5.74) is 4.57. The van der Waals surface area contributed by atoms with Crippen molar-refractivity contribution < 1.29 is 9.59 Å². The van der Waals surface area contributed by atoms with E-state index in [9.17, 15) is 9.59 Å². The van der Waals surface area contributed by atoms with E-state index in [0.29, 0.717) is 27.7 Å². The number of Topliss-reactive ketones (excluding diaryl/α,β-unsaturated/α-hetero) is 1. The molecule has 0 radical (unpaired) electrons. The lowest BCUT2D eigenvalue weighted by Crippen LogP contribution is -2.35. The SMILES string of the molecule is CC1=C(C(=O)Nc2nc3ccc(Br)cc3s2)C(c2ccc(Cl)cc2)C2=C(CCCC2=O)N1. The normalized spacial score (nSPS) is 18.6. The molecule has 32 heavy (non-hydrogen) atoms. The lowest BCUT2D eigenvalue weighted by atomic mass is 9.75. The number of nitrogens with one attached hydrogen (secondary N) is 2. The van der Waals surface area contributed by atoms with Crippen molar-refractivity contribution in [1.82, 2.24) is 10.3 Å². The fourth-order valence-electron chi connectivity index (χ4n) is 4.39. The molecule has 0 spiro atoms. The number of hydrogen-bond donors (Lipinski definition) is 2. The molecular weight excluding hydrogens is 510 g/mol. The summed E-state index contributed by atoms with van der Waals surface area (Å²) in [6.45, 7) is 1.89. The predicted molar refractivity (Wildman–Crippen MR) is 132 cm³/mol. The lowest BCUT2D eigenvalue weighted by Gasteiger charge is -2.34. The highest BCUT2D eigenvalue weighted by Gasteiger charge is 2.38. The number of fused-ring (bicyclic) bond motifs is 1. The monoisotopic (exact) mass is 527 g/mol. The van der Waals surface area contributed by atoms with Gasteiger partial charge in [0.05, 0.1) is 10.2 Å². The number of allylic oxidation sites excluding steroid dienone is 3. The number of amides is 1. The average Bonchev–Trinajstić information content (AvgIpc) is 3.14. The molecule has 0 saturated heterocycles. The molecule has 2 aliphatic rings. The number of ketones is 1. The Hall–Kier alpha value is -2.48. The summed E-state index contributed by atoms with van der Waals surface area (Å²) in [6, 6.07) is 13.2. The van der Waals surface area contributed by atoms with Gasteiger partial charge in [0.15, 0.2) is 10.9 Å². The largest absolute Gasteiger partial charge is 0.362 e. The molecule has 0 bridgehead atoms. The van der Waals surface area contributed by atoms with Crippen LogP contribution in [0.4, 0.5) is 5.13 Å². The maximum atomic E-state index is 13.5. The van der Waals surface area contributed by atoms with Crippen molar-refractivity contribution in [3.05, 3.63) is 80.1 Å². The summed E-state index contributed by atoms with van der Waals surface area (Å²) in [4.78, 5) is 31.1. The Labute approximate surface area is 202 Å². The Kier molecular flexibility index (Phi) is 5.65. The van der Waals surface area contributed by atoms with Crippen molar-refractivity contribution in [2.24, 2.45) is 0 Å². The van der Waals surface area contributed by atoms with E-state index in [0.717, 1.165) is 44.5 Å². The number of halogens is 2. The van der Waals surface area contributed by atoms with Crippen molar-refractivity contribution in [1.29, 1.82) is 0 Å². The summed E-state index contributed by atoms with van der Waals surface area (Å²) in [5.74, 6) is -0.626. The van der Waals surface area contributed by atoms with Gasteiger partial charge in [-0.15, -0.1) is 0 Å². The average molecular weight is 529 g/mol. The highest BCUT2D eigenvalue weighted by Crippen LogP contribution is 2.43. The number of nitrogens with zero attached hydrogens (tertiary/aromatic N) is 1. The molecule has 0 fully saturated rings.